The Hall–Kier alpha value is -2.17. The smallest absolute Gasteiger partial charge is 0.410 e. The van der Waals surface area contributed by atoms with Gasteiger partial charge in [-0.25, -0.2) is 22.0 Å². The van der Waals surface area contributed by atoms with Crippen LogP contribution < -0.4 is 9.59 Å². The monoisotopic (exact) mass is 467 g/mol. The maximum Gasteiger partial charge on any atom is 0.410 e. The molecule has 2 saturated heterocycles. The van der Waals surface area contributed by atoms with Crippen LogP contribution in [0.3, 0.4) is 0 Å². The number of nitrogens with zero attached hydrogens (tertiary/aromatic N) is 3. The molecule has 0 aliphatic carbocycles. The molecule has 0 bridgehead atoms. The Bertz CT molecular complexity index is 939. The van der Waals surface area contributed by atoms with Crippen molar-refractivity contribution in [1.82, 2.24) is 13.7 Å². The topological polar surface area (TPSA) is 107 Å². The number of rotatable bonds is 3. The maximum atomic E-state index is 12.3. The summed E-state index contributed by atoms with van der Waals surface area (Å²) in [5, 5.41) is 12.2. The highest BCUT2D eigenvalue weighted by molar-refractivity contribution is 7.88. The van der Waals surface area contributed by atoms with E-state index in [-0.39, 0.29) is 36.6 Å². The van der Waals surface area contributed by atoms with Gasteiger partial charge in [-0.1, -0.05) is 12.1 Å². The first-order valence-electron chi connectivity index (χ1n) is 10.9. The highest BCUT2D eigenvalue weighted by atomic mass is 32.2. The van der Waals surface area contributed by atoms with E-state index in [1.807, 2.05) is 24.3 Å². The van der Waals surface area contributed by atoms with Gasteiger partial charge in [0.15, 0.2) is 0 Å². The van der Waals surface area contributed by atoms with Crippen LogP contribution in [0.5, 0.6) is 0 Å². The molecule has 0 unspecified atom stereocenters. The van der Waals surface area contributed by atoms with Gasteiger partial charge in [0.25, 0.3) is 6.09 Å². The van der Waals surface area contributed by atoms with Crippen molar-refractivity contribution in [2.75, 3.05) is 45.5 Å². The third-order valence-corrected chi connectivity index (χ3v) is 7.59. The Morgan fingerprint density at radius 3 is 2.00 bits per heavy atom. The van der Waals surface area contributed by atoms with Crippen molar-refractivity contribution in [1.29, 1.82) is 0 Å². The van der Waals surface area contributed by atoms with Crippen LogP contribution in [0.1, 0.15) is 45.1 Å². The molecule has 3 rings (SSSR count). The molecule has 1 aromatic carbocycles. The second kappa shape index (κ2) is 8.99. The van der Waals surface area contributed by atoms with Crippen molar-refractivity contribution >= 4 is 27.9 Å². The number of carboxylic acid groups (broad SMARTS) is 1. The Morgan fingerprint density at radius 2 is 1.56 bits per heavy atom. The zero-order valence-corrected chi connectivity index (χ0v) is 20.1. The average Bonchev–Trinajstić information content (AvgIpc) is 2.72. The normalized spacial score (nSPS) is 20.7. The number of carbonyl (C=O) groups excluding carboxylic acids is 2. The summed E-state index contributed by atoms with van der Waals surface area (Å²) in [5.41, 5.74) is 1.08. The van der Waals surface area contributed by atoms with Gasteiger partial charge in [-0.3, -0.25) is 4.90 Å². The predicted octanol–water partition coefficient (Wildman–Crippen LogP) is 1.73. The molecule has 178 valence electrons. The summed E-state index contributed by atoms with van der Waals surface area (Å²) in [6, 6.07) is 7.49. The molecule has 0 atom stereocenters. The minimum absolute atomic E-state index is 0.202. The molecule has 2 aliphatic rings. The van der Waals surface area contributed by atoms with Crippen LogP contribution in [0.4, 0.5) is 15.3 Å². The van der Waals surface area contributed by atoms with Gasteiger partial charge in [0, 0.05) is 13.1 Å². The molecule has 0 aromatic heterocycles. The van der Waals surface area contributed by atoms with Gasteiger partial charge < -0.3 is 14.6 Å². The molecule has 0 saturated carbocycles. The summed E-state index contributed by atoms with van der Waals surface area (Å²) in [4.78, 5) is 26.0. The van der Waals surface area contributed by atoms with Crippen LogP contribution in [0.15, 0.2) is 24.3 Å². The minimum Gasteiger partial charge on any atom is -0.498 e. The van der Waals surface area contributed by atoms with Gasteiger partial charge in [0.2, 0.25) is 10.0 Å². The SMILES string of the molecule is CC(C)(C)OC(=O)N1CC[N+](C(=O)[O-])(c2ccc(C3CCN(S(C)(=O)=O)CC3)cc2)CC1. The molecule has 1 aromatic rings. The highest BCUT2D eigenvalue weighted by Crippen LogP contribution is 2.32. The minimum atomic E-state index is -3.17. The van der Waals surface area contributed by atoms with Crippen molar-refractivity contribution in [3.8, 4) is 0 Å². The van der Waals surface area contributed by atoms with Crippen LogP contribution >= 0.6 is 0 Å². The third kappa shape index (κ3) is 5.41. The summed E-state index contributed by atoms with van der Waals surface area (Å²) in [6.07, 6.45) is 1.07. The molecule has 32 heavy (non-hydrogen) atoms. The Labute approximate surface area is 190 Å². The van der Waals surface area contributed by atoms with Gasteiger partial charge in [0.05, 0.1) is 19.3 Å². The van der Waals surface area contributed by atoms with Crippen LogP contribution in [-0.2, 0) is 14.8 Å². The van der Waals surface area contributed by atoms with E-state index in [1.165, 1.54) is 15.5 Å². The second-order valence-corrected chi connectivity index (χ2v) is 11.7. The molecule has 2 amide bonds. The average molecular weight is 468 g/mol. The zero-order chi connectivity index (χ0) is 23.7. The van der Waals surface area contributed by atoms with Crippen molar-refractivity contribution in [3.63, 3.8) is 0 Å². The lowest BCUT2D eigenvalue weighted by Gasteiger charge is -2.43. The summed E-state index contributed by atoms with van der Waals surface area (Å²) in [6.45, 7) is 7.29. The van der Waals surface area contributed by atoms with Gasteiger partial charge in [-0.05, 0) is 57.2 Å². The van der Waals surface area contributed by atoms with E-state index in [0.717, 1.165) is 18.4 Å². The molecule has 0 radical (unpaired) electrons. The summed E-state index contributed by atoms with van der Waals surface area (Å²) in [5.74, 6) is 0.238. The molecule has 0 spiro atoms. The quantitative estimate of drug-likeness (QED) is 0.627. The Kier molecular flexibility index (Phi) is 6.88. The number of ether oxygens (including phenoxy) is 1. The number of piperidine rings is 1. The lowest BCUT2D eigenvalue weighted by molar-refractivity contribution is -0.265. The van der Waals surface area contributed by atoms with Crippen molar-refractivity contribution < 1.29 is 27.9 Å². The number of sulfonamides is 1. The van der Waals surface area contributed by atoms with Crippen molar-refractivity contribution in [3.05, 3.63) is 29.8 Å². The Balaban J connectivity index is 1.68. The van der Waals surface area contributed by atoms with Crippen molar-refractivity contribution in [2.24, 2.45) is 0 Å². The number of hydrogen-bond acceptors (Lipinski definition) is 6. The van der Waals surface area contributed by atoms with Gasteiger partial charge in [-0.2, -0.15) is 0 Å². The fourth-order valence-electron chi connectivity index (χ4n) is 4.41. The molecule has 10 heteroatoms. The van der Waals surface area contributed by atoms with Gasteiger partial charge in [0.1, 0.15) is 24.4 Å². The van der Waals surface area contributed by atoms with E-state index in [2.05, 4.69) is 0 Å². The molecule has 2 aliphatic heterocycles. The van der Waals surface area contributed by atoms with E-state index in [0.29, 0.717) is 18.8 Å². The first kappa shape index (κ1) is 24.5. The predicted molar refractivity (Wildman–Crippen MR) is 120 cm³/mol. The number of piperazine rings is 1. The van der Waals surface area contributed by atoms with Crippen molar-refractivity contribution in [2.45, 2.75) is 45.1 Å². The Morgan fingerprint density at radius 1 is 1.03 bits per heavy atom. The molecule has 0 N–H and O–H groups in total. The number of hydrogen-bond donors (Lipinski definition) is 0. The molecule has 9 nitrogen and oxygen atoms in total. The molecular weight excluding hydrogens is 434 g/mol. The van der Waals surface area contributed by atoms with E-state index in [4.69, 9.17) is 4.74 Å². The molecule has 2 fully saturated rings. The van der Waals surface area contributed by atoms with E-state index < -0.39 is 27.8 Å². The lowest BCUT2D eigenvalue weighted by atomic mass is 9.90. The molecule has 2 heterocycles. The first-order valence-corrected chi connectivity index (χ1v) is 12.8. The number of amides is 2. The first-order chi connectivity index (χ1) is 14.8. The largest absolute Gasteiger partial charge is 0.498 e. The maximum absolute atomic E-state index is 12.3. The number of carbonyl (C=O) groups is 2. The van der Waals surface area contributed by atoms with Gasteiger partial charge in [-0.15, -0.1) is 0 Å². The fraction of sp³-hybridized carbons (Fsp3) is 0.636. The van der Waals surface area contributed by atoms with Crippen LogP contribution in [0, 0.1) is 0 Å². The number of benzene rings is 1. The molecular formula is C22H33N3O6S. The van der Waals surface area contributed by atoms with E-state index >= 15 is 0 Å². The van der Waals surface area contributed by atoms with Crippen LogP contribution in [0.2, 0.25) is 0 Å². The number of quaternary nitrogens is 1. The second-order valence-electron chi connectivity index (χ2n) is 9.68. The zero-order valence-electron chi connectivity index (χ0n) is 19.2. The summed E-state index contributed by atoms with van der Waals surface area (Å²) < 4.78 is 30.0. The highest BCUT2D eigenvalue weighted by Gasteiger charge is 2.40. The van der Waals surface area contributed by atoms with E-state index in [9.17, 15) is 23.1 Å². The van der Waals surface area contributed by atoms with Crippen LogP contribution in [0.25, 0.3) is 0 Å². The van der Waals surface area contributed by atoms with Gasteiger partial charge >= 0.3 is 6.09 Å². The summed E-state index contributed by atoms with van der Waals surface area (Å²) >= 11 is 0. The lowest BCUT2D eigenvalue weighted by Crippen LogP contribution is -2.68. The third-order valence-electron chi connectivity index (χ3n) is 6.29. The van der Waals surface area contributed by atoms with E-state index in [1.54, 1.807) is 20.8 Å². The van der Waals surface area contributed by atoms with Crippen LogP contribution in [-0.4, -0.2) is 80.9 Å². The standard InChI is InChI=1S/C22H33N3O6S/c1-22(2,3)31-20(26)23-13-15-25(16-14-23,21(27)28)19-7-5-17(6-8-19)18-9-11-24(12-10-18)32(4,29)30/h5-8,18H,9-16H2,1-4H3. The fourth-order valence-corrected chi connectivity index (χ4v) is 5.29. The summed E-state index contributed by atoms with van der Waals surface area (Å²) in [7, 11) is -3.17.